The summed E-state index contributed by atoms with van der Waals surface area (Å²) in [7, 11) is 2.13. The summed E-state index contributed by atoms with van der Waals surface area (Å²) in [6.07, 6.45) is 9.08. The number of aryl methyl sites for hydroxylation is 3. The van der Waals surface area contributed by atoms with Gasteiger partial charge in [0.2, 0.25) is 0 Å². The van der Waals surface area contributed by atoms with Gasteiger partial charge in [-0.15, -0.1) is 0 Å². The lowest BCUT2D eigenvalue weighted by molar-refractivity contribution is 0.0923. The van der Waals surface area contributed by atoms with E-state index in [1.165, 1.54) is 18.2 Å². The number of carbonyl (C=O) groups is 3. The van der Waals surface area contributed by atoms with E-state index in [0.717, 1.165) is 53.8 Å². The minimum Gasteiger partial charge on any atom is -0.490 e. The minimum absolute atomic E-state index is 0.115. The van der Waals surface area contributed by atoms with E-state index < -0.39 is 52.9 Å². The van der Waals surface area contributed by atoms with Gasteiger partial charge in [0.1, 0.15) is 85.4 Å². The predicted octanol–water partition coefficient (Wildman–Crippen LogP) is 17.6. The summed E-state index contributed by atoms with van der Waals surface area (Å²) in [4.78, 5) is 71.9. The van der Waals surface area contributed by atoms with E-state index in [2.05, 4.69) is 59.9 Å². The van der Waals surface area contributed by atoms with Crippen LogP contribution in [0.3, 0.4) is 0 Å². The number of rotatable bonds is 21. The average Bonchev–Trinajstić information content (AvgIpc) is 1.56. The van der Waals surface area contributed by atoms with Gasteiger partial charge in [-0.1, -0.05) is 128 Å². The van der Waals surface area contributed by atoms with Crippen LogP contribution in [0.1, 0.15) is 186 Å². The van der Waals surface area contributed by atoms with Crippen molar-refractivity contribution in [3.05, 3.63) is 264 Å². The summed E-state index contributed by atoms with van der Waals surface area (Å²) in [6.45, 7) is 28.2. The third kappa shape index (κ3) is 17.7. The summed E-state index contributed by atoms with van der Waals surface area (Å²) in [5, 5.41) is 9.99. The number of nitrogen functional groups attached to an aromatic ring is 3. The highest BCUT2D eigenvalue weighted by molar-refractivity contribution is 6.32. The lowest BCUT2D eigenvalue weighted by Crippen LogP contribution is -2.44. The molecular weight excluding hydrogens is 1540 g/mol. The van der Waals surface area contributed by atoms with Crippen molar-refractivity contribution in [2.24, 2.45) is 0 Å². The number of hydrogen-bond acceptors (Lipinski definition) is 17. The van der Waals surface area contributed by atoms with Crippen molar-refractivity contribution in [1.29, 1.82) is 0 Å². The fourth-order valence-electron chi connectivity index (χ4n) is 14.4. The molecule has 7 aromatic carbocycles. The summed E-state index contributed by atoms with van der Waals surface area (Å²) < 4.78 is 70.4. The number of hydrogen-bond donors (Lipinski definition) is 6. The van der Waals surface area contributed by atoms with Gasteiger partial charge in [0.15, 0.2) is 17.5 Å². The van der Waals surface area contributed by atoms with Gasteiger partial charge >= 0.3 is 0 Å². The molecule has 0 saturated carbocycles. The molecule has 23 nitrogen and oxygen atoms in total. The van der Waals surface area contributed by atoms with Crippen LogP contribution < -0.4 is 52.3 Å². The highest BCUT2D eigenvalue weighted by atomic mass is 35.5. The fraction of sp³-hybridized carbons (Fsp3) is 0.299. The zero-order valence-electron chi connectivity index (χ0n) is 66.9. The quantitative estimate of drug-likeness (QED) is 0.0390. The van der Waals surface area contributed by atoms with E-state index in [1.807, 2.05) is 182 Å². The van der Waals surface area contributed by atoms with E-state index in [9.17, 15) is 14.4 Å². The number of nitrogens with one attached hydrogen (secondary N) is 3. The third-order valence-corrected chi connectivity index (χ3v) is 21.0. The zero-order chi connectivity index (χ0) is 83.4. The largest absolute Gasteiger partial charge is 0.490 e. The molecule has 1 saturated heterocycles. The van der Waals surface area contributed by atoms with Gasteiger partial charge in [-0.05, 0) is 141 Å². The maximum atomic E-state index is 15.6. The molecule has 1 fully saturated rings. The number of carbonyl (C=O) groups excluding carboxylic acids is 3. The van der Waals surface area contributed by atoms with Gasteiger partial charge in [-0.3, -0.25) is 27.6 Å². The maximum absolute atomic E-state index is 15.6. The number of nitrogens with zero attached hydrogens (tertiary/aromatic N) is 11. The molecule has 6 aromatic heterocycles. The van der Waals surface area contributed by atoms with Crippen molar-refractivity contribution in [1.82, 2.24) is 58.6 Å². The molecule has 29 heteroatoms. The number of fused-ring (bicyclic) bond motifs is 4. The van der Waals surface area contributed by atoms with E-state index >= 15 is 13.2 Å². The Bertz CT molecular complexity index is 5840. The number of halogens is 6. The zero-order valence-corrected chi connectivity index (χ0v) is 69.1. The van der Waals surface area contributed by atoms with Crippen LogP contribution in [0, 0.1) is 38.2 Å². The normalized spacial score (nSPS) is 13.5. The number of likely N-dealkylation sites (N-methyl/N-ethyl adjacent to an activating group) is 1. The van der Waals surface area contributed by atoms with Crippen molar-refractivity contribution < 1.29 is 41.8 Å². The van der Waals surface area contributed by atoms with Gasteiger partial charge < -0.3 is 57.2 Å². The Morgan fingerprint density at radius 1 is 0.483 bits per heavy atom. The van der Waals surface area contributed by atoms with E-state index in [0.29, 0.717) is 90.9 Å². The Morgan fingerprint density at radius 2 is 0.871 bits per heavy atom. The topological polar surface area (TPSA) is 290 Å². The average molecular weight is 1640 g/mol. The monoisotopic (exact) mass is 1630 g/mol. The van der Waals surface area contributed by atoms with E-state index in [4.69, 9.17) is 81.2 Å². The SMILES string of the molecule is Cc1nc(C(C)c2cc(Cl)c(F)c(C(=O)NC(C)c3ccccc3)c2OC(C)C)n2ccnc(N)c12.Cc1nc(C(C)c2cc(Cl)c(F)c(C(=O)NCc3ccc(N4CCN(C)CC4)cc3)c2OC(C)C)n2ccnc(N)c12.Cc1nc([C@@H](C)c2cc(Cl)c(F)c(C(=O)Nc3ccc4ccccc4c3)c2OC(C)C)n2ccnc(N)c12. The number of amides is 3. The second-order valence-corrected chi connectivity index (χ2v) is 30.8. The Labute approximate surface area is 685 Å². The summed E-state index contributed by atoms with van der Waals surface area (Å²) in [5.41, 5.74) is 26.8. The first-order valence-electron chi connectivity index (χ1n) is 38.1. The third-order valence-electron chi connectivity index (χ3n) is 20.2. The van der Waals surface area contributed by atoms with Crippen LogP contribution in [-0.2, 0) is 6.54 Å². The van der Waals surface area contributed by atoms with Crippen molar-refractivity contribution in [3.8, 4) is 17.2 Å². The van der Waals surface area contributed by atoms with Crippen LogP contribution in [0.2, 0.25) is 15.1 Å². The van der Waals surface area contributed by atoms with Gasteiger partial charge in [-0.25, -0.2) is 43.1 Å². The number of aromatic nitrogens is 9. The number of benzene rings is 7. The van der Waals surface area contributed by atoms with Crippen LogP contribution >= 0.6 is 34.8 Å². The molecule has 7 heterocycles. The highest BCUT2D eigenvalue weighted by Gasteiger charge is 2.35. The van der Waals surface area contributed by atoms with Crippen LogP contribution in [0.4, 0.5) is 42.0 Å². The number of piperazine rings is 1. The standard InChI is InChI=1S/C31H37ClFN7O2.C29H27ClFN5O2.C27H29ClFN5O2/c1-18(2)42-28-23(19(3)30-37-20(4)27-29(34)35-10-11-40(27)30)16-24(32)26(33)25(28)31(41)36-17-21-6-8-22(9-7-21)39-14-12-38(5)13-15-39;1-15(2)38-26-21(16(3)28-34-17(4)25-27(32)33-11-12-36(25)28)14-22(30)24(31)23(26)29(37)35-20-10-9-18-7-5-6-8-19(18)13-20;1-14(2)36-24-19(15(3)26-32-17(5)23-25(30)31-11-12-34(23)26)13-20(28)22(29)21(24)27(35)33-16(4)18-9-7-6-8-10-18/h6-11,16,18-19H,12-15,17H2,1-5H3,(H2,34,35)(H,36,41);5-16H,1-4H3,(H2,32,33)(H,35,37);6-16H,1-5H3,(H2,30,31)(H,33,35)/t;16-;/m.0./s1. The Kier molecular flexibility index (Phi) is 25.7. The summed E-state index contributed by atoms with van der Waals surface area (Å²) >= 11 is 19.1. The summed E-state index contributed by atoms with van der Waals surface area (Å²) in [6, 6.07) is 34.9. The predicted molar refractivity (Wildman–Crippen MR) is 452 cm³/mol. The van der Waals surface area contributed by atoms with Crippen LogP contribution in [0.5, 0.6) is 17.2 Å². The number of anilines is 5. The molecule has 3 unspecified atom stereocenters. The molecule has 0 spiro atoms. The van der Waals surface area contributed by atoms with Crippen molar-refractivity contribution in [3.63, 3.8) is 0 Å². The molecule has 14 rings (SSSR count). The number of ether oxygens (including phenoxy) is 3. The molecule has 0 bridgehead atoms. The molecule has 1 aliphatic rings. The molecular formula is C87H93Cl3F3N17O6. The number of imidazole rings is 3. The molecule has 9 N–H and O–H groups in total. The van der Waals surface area contributed by atoms with Gasteiger partial charge in [0.05, 0.1) is 56.5 Å². The molecule has 0 radical (unpaired) electrons. The molecule has 4 atom stereocenters. The second-order valence-electron chi connectivity index (χ2n) is 29.6. The highest BCUT2D eigenvalue weighted by Crippen LogP contribution is 2.44. The van der Waals surface area contributed by atoms with Crippen LogP contribution in [-0.4, -0.2) is 117 Å². The van der Waals surface area contributed by atoms with Gasteiger partial charge in [0, 0.05) is 116 Å². The molecule has 13 aromatic rings. The Hall–Kier alpha value is -11.7. The van der Waals surface area contributed by atoms with Crippen LogP contribution in [0.25, 0.3) is 27.3 Å². The smallest absolute Gasteiger partial charge is 0.262 e. The van der Waals surface area contributed by atoms with E-state index in [1.54, 1.807) is 43.2 Å². The molecule has 604 valence electrons. The fourth-order valence-corrected chi connectivity index (χ4v) is 15.0. The van der Waals surface area contributed by atoms with E-state index in [-0.39, 0.29) is 79.9 Å². The van der Waals surface area contributed by atoms with Crippen LogP contribution in [0.15, 0.2) is 152 Å². The first kappa shape index (κ1) is 83.7. The van der Waals surface area contributed by atoms with Gasteiger partial charge in [-0.2, -0.15) is 0 Å². The summed E-state index contributed by atoms with van der Waals surface area (Å²) in [5.74, 6) is -2.34. The minimum atomic E-state index is -0.853. The van der Waals surface area contributed by atoms with Crippen molar-refractivity contribution in [2.45, 2.75) is 139 Å². The molecule has 0 aliphatic carbocycles. The van der Waals surface area contributed by atoms with Gasteiger partial charge in [0.25, 0.3) is 17.7 Å². The first-order valence-corrected chi connectivity index (χ1v) is 39.2. The Morgan fingerprint density at radius 3 is 1.28 bits per heavy atom. The number of nitrogens with two attached hydrogens (primary N) is 3. The molecule has 3 amide bonds. The Balaban J connectivity index is 0.000000161. The first-order chi connectivity index (χ1) is 55.3. The van der Waals surface area contributed by atoms with Crippen molar-refractivity contribution in [2.75, 3.05) is 60.6 Å². The lowest BCUT2D eigenvalue weighted by atomic mass is 9.95. The van der Waals surface area contributed by atoms with Crippen molar-refractivity contribution >= 4 is 109 Å². The lowest BCUT2D eigenvalue weighted by Gasteiger charge is -2.34. The molecule has 116 heavy (non-hydrogen) atoms. The molecule has 1 aliphatic heterocycles. The second kappa shape index (κ2) is 35.6. The maximum Gasteiger partial charge on any atom is 0.262 e.